The van der Waals surface area contributed by atoms with Crippen molar-refractivity contribution in [2.45, 2.75) is 25.6 Å². The Morgan fingerprint density at radius 3 is 2.86 bits per heavy atom. The molecule has 0 aromatic heterocycles. The van der Waals surface area contributed by atoms with Crippen molar-refractivity contribution in [2.75, 3.05) is 24.6 Å². The second-order valence-electron chi connectivity index (χ2n) is 5.57. The van der Waals surface area contributed by atoms with Gasteiger partial charge in [-0.2, -0.15) is 0 Å². The summed E-state index contributed by atoms with van der Waals surface area (Å²) in [6.07, 6.45) is -0.447. The van der Waals surface area contributed by atoms with E-state index in [1.807, 2.05) is 13.8 Å². The monoisotopic (exact) mass is 362 g/mol. The summed E-state index contributed by atoms with van der Waals surface area (Å²) in [4.78, 5) is 12.3. The summed E-state index contributed by atoms with van der Waals surface area (Å²) in [7, 11) is 0. The zero-order valence-corrected chi connectivity index (χ0v) is 13.3. The number of rotatable bonds is 3. The number of nitro groups is 1. The fraction of sp³-hybridized carbons (Fsp3) is 0.538. The van der Waals surface area contributed by atoms with E-state index in [9.17, 15) is 19.6 Å². The molecule has 1 saturated heterocycles. The average molecular weight is 363 g/mol. The Balaban J connectivity index is 2.44. The van der Waals surface area contributed by atoms with Gasteiger partial charge in [-0.1, -0.05) is 0 Å². The molecule has 1 N–H and O–H groups in total. The Bertz CT molecular complexity index is 567. The van der Waals surface area contributed by atoms with E-state index >= 15 is 0 Å². The molecule has 1 heterocycles. The van der Waals surface area contributed by atoms with Crippen molar-refractivity contribution < 1.29 is 19.2 Å². The molecule has 0 bridgehead atoms. The van der Waals surface area contributed by atoms with Gasteiger partial charge in [0.1, 0.15) is 11.5 Å². The molecule has 1 aromatic carbocycles. The zero-order valence-electron chi connectivity index (χ0n) is 11.7. The molecule has 1 aromatic rings. The lowest BCUT2D eigenvalue weighted by molar-refractivity contribution is -0.384. The van der Waals surface area contributed by atoms with E-state index in [2.05, 4.69) is 15.9 Å². The third-order valence-electron chi connectivity index (χ3n) is 3.24. The first kappa shape index (κ1) is 16.1. The molecular weight excluding hydrogens is 347 g/mol. The largest absolute Gasteiger partial charge is 0.394 e. The topological polar surface area (TPSA) is 75.8 Å². The van der Waals surface area contributed by atoms with Crippen molar-refractivity contribution in [3.63, 3.8) is 0 Å². The van der Waals surface area contributed by atoms with Gasteiger partial charge >= 0.3 is 0 Å². The predicted octanol–water partition coefficient (Wildman–Crippen LogP) is 2.47. The molecule has 6 nitrogen and oxygen atoms in total. The molecule has 1 aliphatic heterocycles. The van der Waals surface area contributed by atoms with Gasteiger partial charge < -0.3 is 14.7 Å². The van der Waals surface area contributed by atoms with Crippen LogP contribution in [0.15, 0.2) is 16.6 Å². The van der Waals surface area contributed by atoms with Crippen LogP contribution in [0.5, 0.6) is 0 Å². The molecule has 1 fully saturated rings. The molecule has 1 aliphatic rings. The first-order valence-electron chi connectivity index (χ1n) is 6.40. The minimum Gasteiger partial charge on any atom is -0.394 e. The van der Waals surface area contributed by atoms with Crippen LogP contribution in [-0.4, -0.2) is 41.4 Å². The SMILES string of the molecule is CC1(C)CN(c2cc(Br)c(F)cc2[N+](=O)[O-])CC(CO)O1. The van der Waals surface area contributed by atoms with Crippen molar-refractivity contribution in [2.24, 2.45) is 0 Å². The summed E-state index contributed by atoms with van der Waals surface area (Å²) < 4.78 is 19.4. The number of anilines is 1. The molecule has 0 radical (unpaired) electrons. The fourth-order valence-electron chi connectivity index (χ4n) is 2.50. The summed E-state index contributed by atoms with van der Waals surface area (Å²) in [6, 6.07) is 2.29. The Labute approximate surface area is 129 Å². The maximum absolute atomic E-state index is 13.5. The number of nitro benzene ring substituents is 1. The second kappa shape index (κ2) is 5.86. The Kier molecular flexibility index (Phi) is 4.50. The lowest BCUT2D eigenvalue weighted by Crippen LogP contribution is -2.54. The van der Waals surface area contributed by atoms with Crippen LogP contribution in [0, 0.1) is 15.9 Å². The maximum Gasteiger partial charge on any atom is 0.295 e. The first-order valence-corrected chi connectivity index (χ1v) is 7.20. The van der Waals surface area contributed by atoms with Gasteiger partial charge in [-0.05, 0) is 35.8 Å². The van der Waals surface area contributed by atoms with E-state index in [1.54, 1.807) is 4.90 Å². The summed E-state index contributed by atoms with van der Waals surface area (Å²) >= 11 is 3.05. The predicted molar refractivity (Wildman–Crippen MR) is 79.0 cm³/mol. The Morgan fingerprint density at radius 1 is 1.62 bits per heavy atom. The van der Waals surface area contributed by atoms with Crippen molar-refractivity contribution in [3.8, 4) is 0 Å². The van der Waals surface area contributed by atoms with Crippen LogP contribution >= 0.6 is 15.9 Å². The zero-order chi connectivity index (χ0) is 15.8. The summed E-state index contributed by atoms with van der Waals surface area (Å²) in [6.45, 7) is 4.20. The lowest BCUT2D eigenvalue weighted by atomic mass is 10.0. The van der Waals surface area contributed by atoms with E-state index in [1.165, 1.54) is 6.07 Å². The van der Waals surface area contributed by atoms with Crippen LogP contribution in [0.25, 0.3) is 0 Å². The van der Waals surface area contributed by atoms with Crippen LogP contribution in [0.3, 0.4) is 0 Å². The fourth-order valence-corrected chi connectivity index (χ4v) is 2.83. The Hall–Kier alpha value is -1.25. The lowest BCUT2D eigenvalue weighted by Gasteiger charge is -2.43. The van der Waals surface area contributed by atoms with Gasteiger partial charge in [0.2, 0.25) is 0 Å². The molecule has 1 unspecified atom stereocenters. The van der Waals surface area contributed by atoms with E-state index in [0.717, 1.165) is 6.07 Å². The molecule has 1 atom stereocenters. The van der Waals surface area contributed by atoms with Gasteiger partial charge in [-0.3, -0.25) is 10.1 Å². The highest BCUT2D eigenvalue weighted by Gasteiger charge is 2.36. The number of nitrogens with zero attached hydrogens (tertiary/aromatic N) is 2. The Morgan fingerprint density at radius 2 is 2.29 bits per heavy atom. The number of hydrogen-bond donors (Lipinski definition) is 1. The van der Waals surface area contributed by atoms with Gasteiger partial charge in [-0.15, -0.1) is 0 Å². The highest BCUT2D eigenvalue weighted by atomic mass is 79.9. The minimum atomic E-state index is -0.684. The van der Waals surface area contributed by atoms with Crippen molar-refractivity contribution in [1.82, 2.24) is 0 Å². The maximum atomic E-state index is 13.5. The third-order valence-corrected chi connectivity index (χ3v) is 3.85. The first-order chi connectivity index (χ1) is 9.73. The minimum absolute atomic E-state index is 0.160. The van der Waals surface area contributed by atoms with E-state index < -0.39 is 22.4 Å². The number of halogens is 2. The van der Waals surface area contributed by atoms with Crippen molar-refractivity contribution in [3.05, 3.63) is 32.5 Å². The number of aliphatic hydroxyl groups excluding tert-OH is 1. The normalized spacial score (nSPS) is 21.4. The van der Waals surface area contributed by atoms with E-state index in [0.29, 0.717) is 18.8 Å². The molecular formula is C13H16BrFN2O4. The van der Waals surface area contributed by atoms with Gasteiger partial charge in [-0.25, -0.2) is 4.39 Å². The smallest absolute Gasteiger partial charge is 0.295 e. The van der Waals surface area contributed by atoms with Gasteiger partial charge in [0.05, 0.1) is 33.8 Å². The summed E-state index contributed by atoms with van der Waals surface area (Å²) in [5.41, 5.74) is -0.561. The molecule has 116 valence electrons. The molecule has 0 spiro atoms. The van der Waals surface area contributed by atoms with Crippen molar-refractivity contribution in [1.29, 1.82) is 0 Å². The number of ether oxygens (including phenoxy) is 1. The third kappa shape index (κ3) is 3.50. The van der Waals surface area contributed by atoms with Crippen LogP contribution < -0.4 is 4.90 Å². The van der Waals surface area contributed by atoms with Gasteiger partial charge in [0, 0.05) is 13.1 Å². The number of benzene rings is 1. The standard InChI is InChI=1S/C13H16BrFN2O4/c1-13(2)7-16(5-8(6-18)21-13)11-3-9(14)10(15)4-12(11)17(19)20/h3-4,8,18H,5-7H2,1-2H3. The van der Waals surface area contributed by atoms with Crippen LogP contribution in [-0.2, 0) is 4.74 Å². The number of hydrogen-bond acceptors (Lipinski definition) is 5. The molecule has 21 heavy (non-hydrogen) atoms. The average Bonchev–Trinajstić information content (AvgIpc) is 2.39. The van der Waals surface area contributed by atoms with E-state index in [4.69, 9.17) is 4.74 Å². The highest BCUT2D eigenvalue weighted by molar-refractivity contribution is 9.10. The molecule has 0 saturated carbocycles. The van der Waals surface area contributed by atoms with E-state index in [-0.39, 0.29) is 16.8 Å². The van der Waals surface area contributed by atoms with Crippen LogP contribution in [0.2, 0.25) is 0 Å². The number of aliphatic hydroxyl groups is 1. The molecule has 0 aliphatic carbocycles. The summed E-state index contributed by atoms with van der Waals surface area (Å²) in [5.74, 6) is -0.684. The quantitative estimate of drug-likeness (QED) is 0.660. The second-order valence-corrected chi connectivity index (χ2v) is 6.43. The molecule has 0 amide bonds. The highest BCUT2D eigenvalue weighted by Crippen LogP contribution is 2.36. The number of morpholine rings is 1. The summed E-state index contributed by atoms with van der Waals surface area (Å²) in [5, 5.41) is 20.5. The van der Waals surface area contributed by atoms with Crippen LogP contribution in [0.4, 0.5) is 15.8 Å². The van der Waals surface area contributed by atoms with Gasteiger partial charge in [0.25, 0.3) is 5.69 Å². The molecule has 8 heteroatoms. The van der Waals surface area contributed by atoms with Gasteiger partial charge in [0.15, 0.2) is 0 Å². The van der Waals surface area contributed by atoms with Crippen molar-refractivity contribution >= 4 is 27.3 Å². The molecule has 2 rings (SSSR count). The van der Waals surface area contributed by atoms with Crippen LogP contribution in [0.1, 0.15) is 13.8 Å².